The van der Waals surface area contributed by atoms with Crippen LogP contribution in [0.15, 0.2) is 42.6 Å². The number of benzene rings is 1. The van der Waals surface area contributed by atoms with Gasteiger partial charge in [-0.1, -0.05) is 30.3 Å². The van der Waals surface area contributed by atoms with Crippen LogP contribution in [0.25, 0.3) is 0 Å². The third kappa shape index (κ3) is 3.56. The standard InChI is InChI=1S/C11H13NO/c12-9-8-11(13)7-6-10-4-2-1-3-5-10/h1-5,8-9H,6-7,12H2. The fourth-order valence-electron chi connectivity index (χ4n) is 1.10. The average Bonchev–Trinajstić information content (AvgIpc) is 2.17. The zero-order valence-corrected chi connectivity index (χ0v) is 7.44. The van der Waals surface area contributed by atoms with Crippen molar-refractivity contribution >= 4 is 5.78 Å². The first-order valence-electron chi connectivity index (χ1n) is 4.28. The van der Waals surface area contributed by atoms with Crippen LogP contribution in [-0.2, 0) is 11.2 Å². The molecule has 68 valence electrons. The number of hydrogen-bond donors (Lipinski definition) is 1. The van der Waals surface area contributed by atoms with Gasteiger partial charge in [-0.05, 0) is 24.3 Å². The molecule has 13 heavy (non-hydrogen) atoms. The van der Waals surface area contributed by atoms with E-state index in [0.717, 1.165) is 6.42 Å². The number of allylic oxidation sites excluding steroid dienone is 1. The van der Waals surface area contributed by atoms with Gasteiger partial charge in [0.15, 0.2) is 5.78 Å². The van der Waals surface area contributed by atoms with Gasteiger partial charge in [0.1, 0.15) is 0 Å². The first kappa shape index (κ1) is 9.52. The average molecular weight is 175 g/mol. The Morgan fingerprint density at radius 2 is 2.00 bits per heavy atom. The van der Waals surface area contributed by atoms with Crippen molar-refractivity contribution in [2.75, 3.05) is 0 Å². The summed E-state index contributed by atoms with van der Waals surface area (Å²) in [6.45, 7) is 0. The highest BCUT2D eigenvalue weighted by Gasteiger charge is 1.96. The maximum atomic E-state index is 11.0. The summed E-state index contributed by atoms with van der Waals surface area (Å²) in [6, 6.07) is 9.93. The number of hydrogen-bond acceptors (Lipinski definition) is 2. The molecule has 0 amide bonds. The molecule has 1 aromatic carbocycles. The lowest BCUT2D eigenvalue weighted by molar-refractivity contribution is -0.114. The van der Waals surface area contributed by atoms with Gasteiger partial charge in [0, 0.05) is 6.42 Å². The summed E-state index contributed by atoms with van der Waals surface area (Å²) in [4.78, 5) is 11.0. The quantitative estimate of drug-likeness (QED) is 0.707. The molecule has 1 rings (SSSR count). The van der Waals surface area contributed by atoms with Crippen LogP contribution in [0.1, 0.15) is 12.0 Å². The van der Waals surface area contributed by atoms with Crippen molar-refractivity contribution in [3.05, 3.63) is 48.2 Å². The van der Waals surface area contributed by atoms with E-state index in [9.17, 15) is 4.79 Å². The predicted octanol–water partition coefficient (Wildman–Crippen LogP) is 1.66. The highest BCUT2D eigenvalue weighted by atomic mass is 16.1. The molecule has 2 nitrogen and oxygen atoms in total. The summed E-state index contributed by atoms with van der Waals surface area (Å²) < 4.78 is 0. The van der Waals surface area contributed by atoms with Crippen molar-refractivity contribution < 1.29 is 4.79 Å². The Kier molecular flexibility index (Phi) is 3.76. The largest absolute Gasteiger partial charge is 0.404 e. The molecule has 0 bridgehead atoms. The Labute approximate surface area is 78.1 Å². The van der Waals surface area contributed by atoms with Gasteiger partial charge in [0.25, 0.3) is 0 Å². The number of ketones is 1. The Morgan fingerprint density at radius 3 is 2.62 bits per heavy atom. The molecule has 0 saturated heterocycles. The molecular weight excluding hydrogens is 162 g/mol. The SMILES string of the molecule is NC=CC(=O)CCc1ccccc1. The smallest absolute Gasteiger partial charge is 0.157 e. The molecule has 0 atom stereocenters. The zero-order valence-electron chi connectivity index (χ0n) is 7.44. The van der Waals surface area contributed by atoms with Crippen LogP contribution < -0.4 is 5.73 Å². The molecule has 0 spiro atoms. The lowest BCUT2D eigenvalue weighted by Crippen LogP contribution is -1.96. The molecule has 0 radical (unpaired) electrons. The summed E-state index contributed by atoms with van der Waals surface area (Å²) >= 11 is 0. The highest BCUT2D eigenvalue weighted by molar-refractivity contribution is 5.89. The number of rotatable bonds is 4. The van der Waals surface area contributed by atoms with Crippen molar-refractivity contribution in [2.45, 2.75) is 12.8 Å². The van der Waals surface area contributed by atoms with Gasteiger partial charge in [-0.15, -0.1) is 0 Å². The number of carbonyl (C=O) groups excluding carboxylic acids is 1. The van der Waals surface area contributed by atoms with E-state index in [1.54, 1.807) is 0 Å². The van der Waals surface area contributed by atoms with Gasteiger partial charge in [-0.2, -0.15) is 0 Å². The van der Waals surface area contributed by atoms with Gasteiger partial charge >= 0.3 is 0 Å². The fourth-order valence-corrected chi connectivity index (χ4v) is 1.10. The third-order valence-corrected chi connectivity index (χ3v) is 1.79. The minimum absolute atomic E-state index is 0.0753. The molecule has 0 saturated carbocycles. The van der Waals surface area contributed by atoms with Gasteiger partial charge in [0.05, 0.1) is 0 Å². The second-order valence-electron chi connectivity index (χ2n) is 2.81. The fraction of sp³-hybridized carbons (Fsp3) is 0.182. The molecule has 2 N–H and O–H groups in total. The molecular formula is C11H13NO. The van der Waals surface area contributed by atoms with E-state index >= 15 is 0 Å². The van der Waals surface area contributed by atoms with Crippen LogP contribution in [0.3, 0.4) is 0 Å². The van der Waals surface area contributed by atoms with Gasteiger partial charge < -0.3 is 5.73 Å². The predicted molar refractivity (Wildman–Crippen MR) is 53.1 cm³/mol. The van der Waals surface area contributed by atoms with E-state index < -0.39 is 0 Å². The molecule has 0 heterocycles. The van der Waals surface area contributed by atoms with Crippen LogP contribution in [0.5, 0.6) is 0 Å². The van der Waals surface area contributed by atoms with Crippen LogP contribution in [-0.4, -0.2) is 5.78 Å². The lowest BCUT2D eigenvalue weighted by Gasteiger charge is -1.97. The Balaban J connectivity index is 2.40. The van der Waals surface area contributed by atoms with Crippen LogP contribution in [0, 0.1) is 0 Å². The van der Waals surface area contributed by atoms with E-state index in [1.165, 1.54) is 17.8 Å². The van der Waals surface area contributed by atoms with E-state index in [2.05, 4.69) is 0 Å². The first-order chi connectivity index (χ1) is 6.33. The Morgan fingerprint density at radius 1 is 1.31 bits per heavy atom. The molecule has 1 aromatic rings. The molecule has 2 heteroatoms. The molecule has 0 aromatic heterocycles. The normalized spacial score (nSPS) is 10.5. The van der Waals surface area contributed by atoms with Crippen LogP contribution in [0.4, 0.5) is 0 Å². The van der Waals surface area contributed by atoms with E-state index in [1.807, 2.05) is 30.3 Å². The summed E-state index contributed by atoms with van der Waals surface area (Å²) in [7, 11) is 0. The number of carbonyl (C=O) groups is 1. The van der Waals surface area contributed by atoms with Crippen LogP contribution >= 0.6 is 0 Å². The summed E-state index contributed by atoms with van der Waals surface area (Å²) in [5, 5.41) is 0. The summed E-state index contributed by atoms with van der Waals surface area (Å²) in [5.41, 5.74) is 6.28. The van der Waals surface area contributed by atoms with Gasteiger partial charge in [-0.3, -0.25) is 4.79 Å². The molecule has 0 fully saturated rings. The van der Waals surface area contributed by atoms with E-state index in [-0.39, 0.29) is 5.78 Å². The molecule has 0 aliphatic rings. The van der Waals surface area contributed by atoms with Crippen molar-refractivity contribution in [3.63, 3.8) is 0 Å². The number of nitrogens with two attached hydrogens (primary N) is 1. The van der Waals surface area contributed by atoms with Crippen molar-refractivity contribution in [1.82, 2.24) is 0 Å². The molecule has 0 unspecified atom stereocenters. The van der Waals surface area contributed by atoms with Crippen molar-refractivity contribution in [2.24, 2.45) is 5.73 Å². The van der Waals surface area contributed by atoms with E-state index in [0.29, 0.717) is 6.42 Å². The molecule has 0 aliphatic heterocycles. The van der Waals surface area contributed by atoms with Crippen molar-refractivity contribution in [1.29, 1.82) is 0 Å². The minimum atomic E-state index is 0.0753. The van der Waals surface area contributed by atoms with Crippen LogP contribution in [0.2, 0.25) is 0 Å². The van der Waals surface area contributed by atoms with E-state index in [4.69, 9.17) is 5.73 Å². The molecule has 0 aliphatic carbocycles. The summed E-state index contributed by atoms with van der Waals surface area (Å²) in [5.74, 6) is 0.0753. The monoisotopic (exact) mass is 175 g/mol. The maximum absolute atomic E-state index is 11.0. The maximum Gasteiger partial charge on any atom is 0.157 e. The second-order valence-corrected chi connectivity index (χ2v) is 2.81. The lowest BCUT2D eigenvalue weighted by atomic mass is 10.1. The van der Waals surface area contributed by atoms with Gasteiger partial charge in [0.2, 0.25) is 0 Å². The highest BCUT2D eigenvalue weighted by Crippen LogP contribution is 2.02. The van der Waals surface area contributed by atoms with Crippen molar-refractivity contribution in [3.8, 4) is 0 Å². The summed E-state index contributed by atoms with van der Waals surface area (Å²) in [6.07, 6.45) is 4.00. The number of aryl methyl sites for hydroxylation is 1. The topological polar surface area (TPSA) is 43.1 Å². The van der Waals surface area contributed by atoms with Gasteiger partial charge in [-0.25, -0.2) is 0 Å². The first-order valence-corrected chi connectivity index (χ1v) is 4.28. The Hall–Kier alpha value is -1.57. The Bertz CT molecular complexity index is 290. The third-order valence-electron chi connectivity index (χ3n) is 1.79. The zero-order chi connectivity index (χ0) is 9.52. The minimum Gasteiger partial charge on any atom is -0.404 e. The second kappa shape index (κ2) is 5.14.